The average Bonchev–Trinajstić information content (AvgIpc) is 2.54. The third-order valence-corrected chi connectivity index (χ3v) is 3.42. The molecule has 2 aromatic rings. The predicted molar refractivity (Wildman–Crippen MR) is 85.0 cm³/mol. The minimum absolute atomic E-state index is 0.236. The maximum absolute atomic E-state index is 13.1. The Kier molecular flexibility index (Phi) is 5.51. The molecule has 25 heavy (non-hydrogen) atoms. The van der Waals surface area contributed by atoms with Gasteiger partial charge < -0.3 is 15.4 Å². The normalized spacial score (nSPS) is 11.1. The van der Waals surface area contributed by atoms with Gasteiger partial charge >= 0.3 is 12.2 Å². The molecule has 0 unspecified atom stereocenters. The van der Waals surface area contributed by atoms with Crippen molar-refractivity contribution in [3.8, 4) is 5.75 Å². The molecule has 0 radical (unpaired) electrons. The minimum Gasteiger partial charge on any atom is -0.495 e. The predicted octanol–water partition coefficient (Wildman–Crippen LogP) is 4.48. The second kappa shape index (κ2) is 7.42. The van der Waals surface area contributed by atoms with Gasteiger partial charge in [0.2, 0.25) is 0 Å². The van der Waals surface area contributed by atoms with E-state index in [0.717, 1.165) is 17.7 Å². The Morgan fingerprint density at radius 3 is 2.52 bits per heavy atom. The topological polar surface area (TPSA) is 50.4 Å². The molecule has 2 amide bonds. The number of hydrogen-bond donors (Lipinski definition) is 2. The van der Waals surface area contributed by atoms with Gasteiger partial charge in [0.15, 0.2) is 0 Å². The fraction of sp³-hybridized carbons (Fsp3) is 0.235. The van der Waals surface area contributed by atoms with Gasteiger partial charge in [0.1, 0.15) is 11.6 Å². The first-order chi connectivity index (χ1) is 11.7. The molecule has 8 heteroatoms. The number of carbonyl (C=O) groups excluding carboxylic acids is 1. The van der Waals surface area contributed by atoms with Gasteiger partial charge in [-0.25, -0.2) is 9.18 Å². The molecular weight excluding hydrogens is 340 g/mol. The number of rotatable bonds is 4. The zero-order chi connectivity index (χ0) is 18.6. The fourth-order valence-corrected chi connectivity index (χ4v) is 2.21. The van der Waals surface area contributed by atoms with Crippen LogP contribution in [0.3, 0.4) is 0 Å². The summed E-state index contributed by atoms with van der Waals surface area (Å²) in [6.45, 7) is 1.44. The molecule has 134 valence electrons. The van der Waals surface area contributed by atoms with Crippen LogP contribution in [0.1, 0.15) is 16.7 Å². The lowest BCUT2D eigenvalue weighted by atomic mass is 10.1. The lowest BCUT2D eigenvalue weighted by Crippen LogP contribution is -2.29. The summed E-state index contributed by atoms with van der Waals surface area (Å²) in [6.07, 6.45) is -4.71. The summed E-state index contributed by atoms with van der Waals surface area (Å²) in [5, 5.41) is 4.82. The Morgan fingerprint density at radius 2 is 1.88 bits per heavy atom. The summed E-state index contributed by atoms with van der Waals surface area (Å²) in [4.78, 5) is 11.9. The molecule has 0 bridgehead atoms. The highest BCUT2D eigenvalue weighted by atomic mass is 19.4. The van der Waals surface area contributed by atoms with Crippen molar-refractivity contribution in [2.75, 3.05) is 12.4 Å². The first-order valence-corrected chi connectivity index (χ1v) is 7.26. The second-order valence-electron chi connectivity index (χ2n) is 5.31. The van der Waals surface area contributed by atoms with Crippen molar-refractivity contribution in [1.82, 2.24) is 5.32 Å². The van der Waals surface area contributed by atoms with Crippen molar-refractivity contribution in [3.05, 3.63) is 58.9 Å². The largest absolute Gasteiger partial charge is 0.495 e. The van der Waals surface area contributed by atoms with Gasteiger partial charge in [-0.15, -0.1) is 0 Å². The van der Waals surface area contributed by atoms with E-state index in [9.17, 15) is 22.4 Å². The molecule has 0 aliphatic heterocycles. The average molecular weight is 356 g/mol. The third-order valence-electron chi connectivity index (χ3n) is 3.42. The second-order valence-corrected chi connectivity index (χ2v) is 5.31. The maximum Gasteiger partial charge on any atom is 0.416 e. The summed E-state index contributed by atoms with van der Waals surface area (Å²) in [5.41, 5.74) is -0.0645. The molecule has 0 spiro atoms. The molecule has 0 aliphatic rings. The molecule has 2 aromatic carbocycles. The Bertz CT molecular complexity index is 776. The standard InChI is InChI=1S/C17H16F4N2O2/c1-10-3-6-14(15(7-10)25-2)23-16(24)22-9-11-4-5-12(18)8-13(11)17(19,20)21/h3-8H,9H2,1-2H3,(H2,22,23,24). The monoisotopic (exact) mass is 356 g/mol. The quantitative estimate of drug-likeness (QED) is 0.794. The molecule has 0 aliphatic carbocycles. The van der Waals surface area contributed by atoms with Crippen molar-refractivity contribution in [2.24, 2.45) is 0 Å². The smallest absolute Gasteiger partial charge is 0.416 e. The fourth-order valence-electron chi connectivity index (χ4n) is 2.21. The Labute approximate surface area is 141 Å². The van der Waals surface area contributed by atoms with Gasteiger partial charge in [0.25, 0.3) is 0 Å². The Balaban J connectivity index is 2.09. The van der Waals surface area contributed by atoms with Crippen LogP contribution in [-0.2, 0) is 12.7 Å². The highest BCUT2D eigenvalue weighted by molar-refractivity contribution is 5.90. The van der Waals surface area contributed by atoms with Crippen molar-refractivity contribution in [2.45, 2.75) is 19.6 Å². The molecule has 0 fully saturated rings. The summed E-state index contributed by atoms with van der Waals surface area (Å²) < 4.78 is 57.0. The van der Waals surface area contributed by atoms with E-state index >= 15 is 0 Å². The van der Waals surface area contributed by atoms with Gasteiger partial charge in [-0.05, 0) is 42.3 Å². The Hall–Kier alpha value is -2.77. The van der Waals surface area contributed by atoms with Gasteiger partial charge in [-0.3, -0.25) is 0 Å². The van der Waals surface area contributed by atoms with Crippen LogP contribution in [0, 0.1) is 12.7 Å². The summed E-state index contributed by atoms with van der Waals surface area (Å²) in [7, 11) is 1.44. The van der Waals surface area contributed by atoms with Crippen LogP contribution >= 0.6 is 0 Å². The molecule has 0 saturated carbocycles. The van der Waals surface area contributed by atoms with E-state index in [0.29, 0.717) is 17.5 Å². The number of nitrogens with one attached hydrogen (secondary N) is 2. The van der Waals surface area contributed by atoms with Crippen LogP contribution in [0.25, 0.3) is 0 Å². The van der Waals surface area contributed by atoms with Crippen molar-refractivity contribution < 1.29 is 27.1 Å². The zero-order valence-corrected chi connectivity index (χ0v) is 13.5. The van der Waals surface area contributed by atoms with Crippen LogP contribution in [0.15, 0.2) is 36.4 Å². The number of alkyl halides is 3. The number of benzene rings is 2. The van der Waals surface area contributed by atoms with Crippen LogP contribution in [0.2, 0.25) is 0 Å². The lowest BCUT2D eigenvalue weighted by Gasteiger charge is -2.15. The van der Waals surface area contributed by atoms with Gasteiger partial charge in [0, 0.05) is 6.54 Å². The highest BCUT2D eigenvalue weighted by Crippen LogP contribution is 2.32. The molecule has 0 saturated heterocycles. The zero-order valence-electron chi connectivity index (χ0n) is 13.5. The van der Waals surface area contributed by atoms with Gasteiger partial charge in [-0.1, -0.05) is 12.1 Å². The number of urea groups is 1. The number of amides is 2. The summed E-state index contributed by atoms with van der Waals surface area (Å²) in [5.74, 6) is -0.571. The van der Waals surface area contributed by atoms with Crippen molar-refractivity contribution >= 4 is 11.7 Å². The van der Waals surface area contributed by atoms with Crippen LogP contribution < -0.4 is 15.4 Å². The minimum atomic E-state index is -4.71. The molecule has 2 N–H and O–H groups in total. The molecule has 0 heterocycles. The van der Waals surface area contributed by atoms with E-state index < -0.39 is 30.1 Å². The molecule has 2 rings (SSSR count). The molecule has 4 nitrogen and oxygen atoms in total. The number of ether oxygens (including phenoxy) is 1. The number of hydrogen-bond acceptors (Lipinski definition) is 2. The number of anilines is 1. The van der Waals surface area contributed by atoms with Crippen LogP contribution in [0.4, 0.5) is 28.0 Å². The lowest BCUT2D eigenvalue weighted by molar-refractivity contribution is -0.138. The van der Waals surface area contributed by atoms with E-state index in [4.69, 9.17) is 4.74 Å². The van der Waals surface area contributed by atoms with Gasteiger partial charge in [0.05, 0.1) is 18.4 Å². The third kappa shape index (κ3) is 4.85. The first-order valence-electron chi connectivity index (χ1n) is 7.26. The maximum atomic E-state index is 13.1. The van der Waals surface area contributed by atoms with E-state index in [2.05, 4.69) is 10.6 Å². The SMILES string of the molecule is COc1cc(C)ccc1NC(=O)NCc1ccc(F)cc1C(F)(F)F. The first kappa shape index (κ1) is 18.6. The molecule has 0 aromatic heterocycles. The van der Waals surface area contributed by atoms with Crippen molar-refractivity contribution in [1.29, 1.82) is 0 Å². The van der Waals surface area contributed by atoms with E-state index in [1.165, 1.54) is 7.11 Å². The summed E-state index contributed by atoms with van der Waals surface area (Å²) >= 11 is 0. The van der Waals surface area contributed by atoms with E-state index in [-0.39, 0.29) is 5.56 Å². The highest BCUT2D eigenvalue weighted by Gasteiger charge is 2.33. The van der Waals surface area contributed by atoms with E-state index in [1.807, 2.05) is 6.92 Å². The number of carbonyl (C=O) groups is 1. The molecule has 0 atom stereocenters. The van der Waals surface area contributed by atoms with Gasteiger partial charge in [-0.2, -0.15) is 13.2 Å². The summed E-state index contributed by atoms with van der Waals surface area (Å²) in [6, 6.07) is 6.67. The van der Waals surface area contributed by atoms with Crippen LogP contribution in [-0.4, -0.2) is 13.1 Å². The number of methoxy groups -OCH3 is 1. The molecular formula is C17H16F4N2O2. The van der Waals surface area contributed by atoms with E-state index in [1.54, 1.807) is 18.2 Å². The number of halogens is 4. The van der Waals surface area contributed by atoms with Crippen molar-refractivity contribution in [3.63, 3.8) is 0 Å². The Morgan fingerprint density at radius 1 is 1.16 bits per heavy atom. The number of aryl methyl sites for hydroxylation is 1. The van der Waals surface area contributed by atoms with Crippen LogP contribution in [0.5, 0.6) is 5.75 Å².